The molecule has 2 N–H and O–H groups in total. The molecule has 0 saturated heterocycles. The van der Waals surface area contributed by atoms with Crippen LogP contribution in [0.2, 0.25) is 10.0 Å². The average Bonchev–Trinajstić information content (AvgIpc) is 2.50. The third kappa shape index (κ3) is 5.37. The highest BCUT2D eigenvalue weighted by molar-refractivity contribution is 6.35. The zero-order valence-electron chi connectivity index (χ0n) is 14.1. The minimum absolute atomic E-state index is 0.313. The maximum Gasteiger partial charge on any atom is 0.338 e. The van der Waals surface area contributed by atoms with Gasteiger partial charge in [-0.05, 0) is 51.1 Å². The van der Waals surface area contributed by atoms with E-state index >= 15 is 0 Å². The van der Waals surface area contributed by atoms with Crippen molar-refractivity contribution >= 4 is 40.8 Å². The Morgan fingerprint density at radius 3 is 2.04 bits per heavy atom. The molecular weight excluding hydrogens is 361 g/mol. The minimum Gasteiger partial charge on any atom is -0.306 e. The molecule has 0 bridgehead atoms. The van der Waals surface area contributed by atoms with Gasteiger partial charge in [0.05, 0.1) is 5.54 Å². The van der Waals surface area contributed by atoms with E-state index in [4.69, 9.17) is 23.2 Å². The zero-order valence-corrected chi connectivity index (χ0v) is 15.7. The third-order valence-corrected chi connectivity index (χ3v) is 3.66. The minimum atomic E-state index is -0.629. The summed E-state index contributed by atoms with van der Waals surface area (Å²) in [6.45, 7) is 5.47. The van der Waals surface area contributed by atoms with E-state index in [1.165, 1.54) is 5.01 Å². The van der Waals surface area contributed by atoms with Gasteiger partial charge in [0.25, 0.3) is 5.91 Å². The van der Waals surface area contributed by atoms with Gasteiger partial charge in [0.2, 0.25) is 0 Å². The van der Waals surface area contributed by atoms with E-state index in [1.807, 2.05) is 26.8 Å². The van der Waals surface area contributed by atoms with Gasteiger partial charge >= 0.3 is 6.03 Å². The lowest BCUT2D eigenvalue weighted by Crippen LogP contribution is -2.56. The van der Waals surface area contributed by atoms with Gasteiger partial charge < -0.3 is 5.32 Å². The number of carbonyl (C=O) groups is 2. The lowest BCUT2D eigenvalue weighted by atomic mass is 10.1. The summed E-state index contributed by atoms with van der Waals surface area (Å²) in [5, 5.41) is 4.70. The molecule has 0 aliphatic carbocycles. The van der Waals surface area contributed by atoms with Crippen molar-refractivity contribution in [1.82, 2.24) is 10.4 Å². The van der Waals surface area contributed by atoms with Crippen LogP contribution in [0, 0.1) is 0 Å². The molecular formula is C18H19Cl2N3O2. The summed E-state index contributed by atoms with van der Waals surface area (Å²) in [5.74, 6) is -0.313. The van der Waals surface area contributed by atoms with E-state index in [2.05, 4.69) is 10.7 Å². The summed E-state index contributed by atoms with van der Waals surface area (Å²) < 4.78 is 0. The number of hydrazine groups is 1. The fourth-order valence-electron chi connectivity index (χ4n) is 2.12. The molecule has 0 aliphatic heterocycles. The Morgan fingerprint density at radius 2 is 1.52 bits per heavy atom. The second-order valence-electron chi connectivity index (χ2n) is 6.40. The Bertz CT molecular complexity index is 753. The van der Waals surface area contributed by atoms with Crippen LogP contribution in [0.15, 0.2) is 48.5 Å². The number of anilines is 1. The van der Waals surface area contributed by atoms with Crippen LogP contribution in [0.1, 0.15) is 31.1 Å². The molecule has 0 aromatic heterocycles. The van der Waals surface area contributed by atoms with Crippen molar-refractivity contribution in [2.45, 2.75) is 26.3 Å². The predicted octanol–water partition coefficient (Wildman–Crippen LogP) is 4.97. The van der Waals surface area contributed by atoms with Gasteiger partial charge in [-0.3, -0.25) is 4.79 Å². The van der Waals surface area contributed by atoms with E-state index in [0.29, 0.717) is 21.3 Å². The second-order valence-corrected chi connectivity index (χ2v) is 7.27. The topological polar surface area (TPSA) is 61.4 Å². The number of urea groups is 1. The first-order valence-corrected chi connectivity index (χ1v) is 8.36. The molecule has 25 heavy (non-hydrogen) atoms. The quantitative estimate of drug-likeness (QED) is 0.723. The van der Waals surface area contributed by atoms with Crippen LogP contribution in [-0.2, 0) is 0 Å². The summed E-state index contributed by atoms with van der Waals surface area (Å²) >= 11 is 11.8. The predicted molar refractivity (Wildman–Crippen MR) is 101 cm³/mol. The SMILES string of the molecule is CC(C)(C)N(NC(=O)Nc1cc(Cl)cc(Cl)c1)C(=O)c1ccccc1. The molecule has 2 rings (SSSR count). The van der Waals surface area contributed by atoms with Crippen LogP contribution >= 0.6 is 23.2 Å². The van der Waals surface area contributed by atoms with Gasteiger partial charge in [-0.25, -0.2) is 15.2 Å². The Balaban J connectivity index is 2.17. The Hall–Kier alpha value is -2.24. The molecule has 5 nitrogen and oxygen atoms in total. The largest absolute Gasteiger partial charge is 0.338 e. The molecule has 3 amide bonds. The van der Waals surface area contributed by atoms with Gasteiger partial charge in [-0.15, -0.1) is 0 Å². The van der Waals surface area contributed by atoms with E-state index in [-0.39, 0.29) is 5.91 Å². The van der Waals surface area contributed by atoms with E-state index in [1.54, 1.807) is 42.5 Å². The summed E-state index contributed by atoms with van der Waals surface area (Å²) in [7, 11) is 0. The van der Waals surface area contributed by atoms with Crippen molar-refractivity contribution in [2.75, 3.05) is 5.32 Å². The maximum atomic E-state index is 12.7. The van der Waals surface area contributed by atoms with Crippen LogP contribution < -0.4 is 10.7 Å². The van der Waals surface area contributed by atoms with Crippen molar-refractivity contribution in [3.8, 4) is 0 Å². The molecule has 132 valence electrons. The van der Waals surface area contributed by atoms with Crippen molar-refractivity contribution < 1.29 is 9.59 Å². The summed E-state index contributed by atoms with van der Waals surface area (Å²) in [5.41, 5.74) is 2.86. The highest BCUT2D eigenvalue weighted by Gasteiger charge is 2.29. The molecule has 0 spiro atoms. The van der Waals surface area contributed by atoms with Gasteiger partial charge in [-0.2, -0.15) is 0 Å². The number of nitrogens with zero attached hydrogens (tertiary/aromatic N) is 1. The molecule has 0 radical (unpaired) electrons. The van der Waals surface area contributed by atoms with Crippen LogP contribution in [0.4, 0.5) is 10.5 Å². The monoisotopic (exact) mass is 379 g/mol. The molecule has 0 saturated carbocycles. The molecule has 2 aromatic carbocycles. The standard InChI is InChI=1S/C18H19Cl2N3O2/c1-18(2,3)23(16(24)12-7-5-4-6-8-12)22-17(25)21-15-10-13(19)9-14(20)11-15/h4-11H,1-3H3,(H2,21,22,25). The van der Waals surface area contributed by atoms with Crippen molar-refractivity contribution in [1.29, 1.82) is 0 Å². The van der Waals surface area contributed by atoms with Crippen molar-refractivity contribution in [3.05, 3.63) is 64.1 Å². The van der Waals surface area contributed by atoms with Crippen LogP contribution in [0.25, 0.3) is 0 Å². The molecule has 0 atom stereocenters. The number of carbonyl (C=O) groups excluding carboxylic acids is 2. The normalized spacial score (nSPS) is 10.9. The number of amides is 3. The first kappa shape index (κ1) is 19.1. The van der Waals surface area contributed by atoms with E-state index in [9.17, 15) is 9.59 Å². The Labute approximate surface area is 156 Å². The number of hydrogen-bond acceptors (Lipinski definition) is 2. The van der Waals surface area contributed by atoms with E-state index < -0.39 is 11.6 Å². The molecule has 2 aromatic rings. The second kappa shape index (κ2) is 7.76. The number of rotatable bonds is 2. The fourth-order valence-corrected chi connectivity index (χ4v) is 2.65. The first-order valence-electron chi connectivity index (χ1n) is 7.60. The van der Waals surface area contributed by atoms with Gasteiger partial charge in [0, 0.05) is 21.3 Å². The number of benzene rings is 2. The highest BCUT2D eigenvalue weighted by atomic mass is 35.5. The smallest absolute Gasteiger partial charge is 0.306 e. The van der Waals surface area contributed by atoms with Crippen LogP contribution in [0.3, 0.4) is 0 Å². The molecule has 0 unspecified atom stereocenters. The van der Waals surface area contributed by atoms with Crippen LogP contribution in [-0.4, -0.2) is 22.5 Å². The fraction of sp³-hybridized carbons (Fsp3) is 0.222. The van der Waals surface area contributed by atoms with E-state index in [0.717, 1.165) is 0 Å². The van der Waals surface area contributed by atoms with Crippen LogP contribution in [0.5, 0.6) is 0 Å². The average molecular weight is 380 g/mol. The molecule has 0 aliphatic rings. The lowest BCUT2D eigenvalue weighted by molar-refractivity contribution is 0.0460. The number of halogens is 2. The van der Waals surface area contributed by atoms with Crippen molar-refractivity contribution in [3.63, 3.8) is 0 Å². The lowest BCUT2D eigenvalue weighted by Gasteiger charge is -2.35. The Morgan fingerprint density at radius 1 is 0.960 bits per heavy atom. The summed E-state index contributed by atoms with van der Waals surface area (Å²) in [6.07, 6.45) is 0. The first-order chi connectivity index (χ1) is 11.7. The summed E-state index contributed by atoms with van der Waals surface area (Å²) in [6, 6.07) is 12.9. The van der Waals surface area contributed by atoms with Gasteiger partial charge in [0.15, 0.2) is 0 Å². The third-order valence-electron chi connectivity index (χ3n) is 3.23. The van der Waals surface area contributed by atoms with Gasteiger partial charge in [0.1, 0.15) is 0 Å². The zero-order chi connectivity index (χ0) is 18.6. The number of nitrogens with one attached hydrogen (secondary N) is 2. The highest BCUT2D eigenvalue weighted by Crippen LogP contribution is 2.22. The maximum absolute atomic E-state index is 12.7. The Kier molecular flexibility index (Phi) is 5.93. The summed E-state index contributed by atoms with van der Waals surface area (Å²) in [4.78, 5) is 25.1. The molecule has 0 heterocycles. The van der Waals surface area contributed by atoms with Crippen molar-refractivity contribution in [2.24, 2.45) is 0 Å². The van der Waals surface area contributed by atoms with Gasteiger partial charge in [-0.1, -0.05) is 41.4 Å². The molecule has 7 heteroatoms. The number of hydrogen-bond donors (Lipinski definition) is 2. The molecule has 0 fully saturated rings.